The molecule has 0 bridgehead atoms. The van der Waals surface area contributed by atoms with Gasteiger partial charge in [-0.1, -0.05) is 55.5 Å². The van der Waals surface area contributed by atoms with Gasteiger partial charge in [-0.25, -0.2) is 14.5 Å². The Balaban J connectivity index is 1.55. The van der Waals surface area contributed by atoms with Gasteiger partial charge in [0, 0.05) is 18.0 Å². The van der Waals surface area contributed by atoms with E-state index in [1.54, 1.807) is 6.20 Å². The molecule has 2 amide bonds. The normalized spacial score (nSPS) is 17.0. The van der Waals surface area contributed by atoms with Gasteiger partial charge in [-0.05, 0) is 50.3 Å². The van der Waals surface area contributed by atoms with Gasteiger partial charge in [0.05, 0.1) is 11.6 Å². The number of hydrogen-bond acceptors (Lipinski definition) is 5. The molecular formula is C27H30N2O5. The van der Waals surface area contributed by atoms with Crippen LogP contribution in [0.4, 0.5) is 9.59 Å². The Morgan fingerprint density at radius 1 is 1.09 bits per heavy atom. The number of cyclic esters (lactones) is 1. The Kier molecular flexibility index (Phi) is 6.46. The number of benzene rings is 2. The fourth-order valence-corrected chi connectivity index (χ4v) is 4.33. The minimum atomic E-state index is -0.631. The number of carbonyl (C=O) groups excluding carboxylic acids is 3. The highest BCUT2D eigenvalue weighted by Gasteiger charge is 2.38. The first-order valence-electron chi connectivity index (χ1n) is 11.5. The highest BCUT2D eigenvalue weighted by atomic mass is 16.6. The lowest BCUT2D eigenvalue weighted by Gasteiger charge is -2.21. The summed E-state index contributed by atoms with van der Waals surface area (Å²) in [6, 6.07) is 16.9. The Morgan fingerprint density at radius 3 is 2.47 bits per heavy atom. The quantitative estimate of drug-likeness (QED) is 0.500. The van der Waals surface area contributed by atoms with E-state index in [0.717, 1.165) is 16.5 Å². The standard InChI is InChI=1S/C27H30N2O5/c1-18(14-24(30)29-20(17-33-26(29)32)15-19-10-6-5-7-11-19)22-16-28(25(31)34-27(2,3)4)23-13-9-8-12-21(22)23/h5-13,16,18,20H,14-15,17H2,1-4H3/t18-,20-/m0/s1. The SMILES string of the molecule is C[C@@H](CC(=O)N1C(=O)OC[C@@H]1Cc1ccccc1)c1cn(C(=O)OC(C)(C)C)c2ccccc12. The van der Waals surface area contributed by atoms with Crippen LogP contribution in [0, 0.1) is 0 Å². The molecule has 0 unspecified atom stereocenters. The van der Waals surface area contributed by atoms with E-state index in [-0.39, 0.29) is 30.9 Å². The van der Waals surface area contributed by atoms with Gasteiger partial charge in [-0.2, -0.15) is 0 Å². The molecule has 178 valence electrons. The van der Waals surface area contributed by atoms with Gasteiger partial charge in [0.2, 0.25) is 5.91 Å². The molecule has 1 aromatic heterocycles. The number of nitrogens with zero attached hydrogens (tertiary/aromatic N) is 2. The molecule has 1 aliphatic rings. The van der Waals surface area contributed by atoms with Gasteiger partial charge >= 0.3 is 12.2 Å². The number of hydrogen-bond donors (Lipinski definition) is 0. The van der Waals surface area contributed by atoms with Crippen molar-refractivity contribution in [1.82, 2.24) is 9.47 Å². The first kappa shape index (κ1) is 23.5. The Bertz CT molecular complexity index is 1210. The van der Waals surface area contributed by atoms with Crippen LogP contribution in [-0.4, -0.2) is 45.8 Å². The molecule has 0 radical (unpaired) electrons. The molecule has 7 heteroatoms. The van der Waals surface area contributed by atoms with E-state index in [4.69, 9.17) is 9.47 Å². The van der Waals surface area contributed by atoms with Gasteiger partial charge < -0.3 is 9.47 Å². The zero-order valence-corrected chi connectivity index (χ0v) is 20.0. The average Bonchev–Trinajstić information content (AvgIpc) is 3.34. The molecule has 0 N–H and O–H groups in total. The Hall–Kier alpha value is -3.61. The molecule has 3 aromatic rings. The van der Waals surface area contributed by atoms with E-state index in [1.807, 2.05) is 82.3 Å². The number of aromatic nitrogens is 1. The van der Waals surface area contributed by atoms with Crippen molar-refractivity contribution in [3.63, 3.8) is 0 Å². The molecule has 2 heterocycles. The van der Waals surface area contributed by atoms with Crippen LogP contribution in [0.5, 0.6) is 0 Å². The van der Waals surface area contributed by atoms with E-state index in [9.17, 15) is 14.4 Å². The van der Waals surface area contributed by atoms with Crippen molar-refractivity contribution in [1.29, 1.82) is 0 Å². The highest BCUT2D eigenvalue weighted by Crippen LogP contribution is 2.31. The maximum atomic E-state index is 13.2. The van der Waals surface area contributed by atoms with Gasteiger partial charge in [0.1, 0.15) is 12.2 Å². The number of carbonyl (C=O) groups is 3. The van der Waals surface area contributed by atoms with Crippen LogP contribution in [0.1, 0.15) is 51.2 Å². The third-order valence-electron chi connectivity index (χ3n) is 5.89. The molecule has 0 saturated carbocycles. The van der Waals surface area contributed by atoms with Crippen LogP contribution in [0.3, 0.4) is 0 Å². The van der Waals surface area contributed by atoms with Crippen LogP contribution >= 0.6 is 0 Å². The van der Waals surface area contributed by atoms with Crippen molar-refractivity contribution in [2.45, 2.75) is 58.1 Å². The lowest BCUT2D eigenvalue weighted by Crippen LogP contribution is -2.40. The maximum Gasteiger partial charge on any atom is 0.419 e. The van der Waals surface area contributed by atoms with E-state index in [0.29, 0.717) is 11.9 Å². The maximum absolute atomic E-state index is 13.2. The second-order valence-corrected chi connectivity index (χ2v) is 9.74. The van der Waals surface area contributed by atoms with Gasteiger partial charge in [-0.3, -0.25) is 9.36 Å². The summed E-state index contributed by atoms with van der Waals surface area (Å²) in [6.07, 6.45) is 1.32. The third kappa shape index (κ3) is 4.98. The summed E-state index contributed by atoms with van der Waals surface area (Å²) < 4.78 is 12.3. The van der Waals surface area contributed by atoms with Crippen LogP contribution in [0.2, 0.25) is 0 Å². The van der Waals surface area contributed by atoms with Crippen molar-refractivity contribution < 1.29 is 23.9 Å². The van der Waals surface area contributed by atoms with Gasteiger partial charge in [0.25, 0.3) is 0 Å². The molecule has 0 spiro atoms. The molecule has 34 heavy (non-hydrogen) atoms. The summed E-state index contributed by atoms with van der Waals surface area (Å²) in [5.74, 6) is -0.517. The number of fused-ring (bicyclic) bond motifs is 1. The molecule has 7 nitrogen and oxygen atoms in total. The Morgan fingerprint density at radius 2 is 1.76 bits per heavy atom. The van der Waals surface area contributed by atoms with Crippen LogP contribution in [0.15, 0.2) is 60.8 Å². The zero-order chi connectivity index (χ0) is 24.5. The second-order valence-electron chi connectivity index (χ2n) is 9.74. The van der Waals surface area contributed by atoms with Crippen molar-refractivity contribution in [3.05, 3.63) is 71.9 Å². The van der Waals surface area contributed by atoms with Crippen LogP contribution < -0.4 is 0 Å². The highest BCUT2D eigenvalue weighted by molar-refractivity contribution is 5.95. The summed E-state index contributed by atoms with van der Waals surface area (Å²) in [5.41, 5.74) is 1.97. The summed E-state index contributed by atoms with van der Waals surface area (Å²) in [7, 11) is 0. The fourth-order valence-electron chi connectivity index (χ4n) is 4.33. The number of imide groups is 1. The first-order valence-corrected chi connectivity index (χ1v) is 11.5. The van der Waals surface area contributed by atoms with Crippen molar-refractivity contribution in [3.8, 4) is 0 Å². The van der Waals surface area contributed by atoms with Gasteiger partial charge in [0.15, 0.2) is 0 Å². The van der Waals surface area contributed by atoms with Crippen LogP contribution in [-0.2, 0) is 20.7 Å². The number of para-hydroxylation sites is 1. The predicted octanol–water partition coefficient (Wildman–Crippen LogP) is 5.51. The molecule has 0 aliphatic carbocycles. The summed E-state index contributed by atoms with van der Waals surface area (Å²) in [4.78, 5) is 39.7. The minimum Gasteiger partial charge on any atom is -0.447 e. The third-order valence-corrected chi connectivity index (χ3v) is 5.89. The van der Waals surface area contributed by atoms with Crippen molar-refractivity contribution in [2.75, 3.05) is 6.61 Å². The molecular weight excluding hydrogens is 432 g/mol. The number of amides is 2. The fraction of sp³-hybridized carbons (Fsp3) is 0.370. The molecule has 1 saturated heterocycles. The minimum absolute atomic E-state index is 0.114. The number of rotatable bonds is 5. The second kappa shape index (κ2) is 9.33. The van der Waals surface area contributed by atoms with Gasteiger partial charge in [-0.15, -0.1) is 0 Å². The average molecular weight is 463 g/mol. The summed E-state index contributed by atoms with van der Waals surface area (Å²) in [5, 5.41) is 0.874. The summed E-state index contributed by atoms with van der Waals surface area (Å²) >= 11 is 0. The predicted molar refractivity (Wildman–Crippen MR) is 129 cm³/mol. The largest absolute Gasteiger partial charge is 0.447 e. The lowest BCUT2D eigenvalue weighted by atomic mass is 9.96. The first-order chi connectivity index (χ1) is 16.1. The van der Waals surface area contributed by atoms with E-state index < -0.39 is 17.8 Å². The molecule has 2 atom stereocenters. The zero-order valence-electron chi connectivity index (χ0n) is 20.0. The van der Waals surface area contributed by atoms with Crippen LogP contribution in [0.25, 0.3) is 10.9 Å². The lowest BCUT2D eigenvalue weighted by molar-refractivity contribution is -0.129. The van der Waals surface area contributed by atoms with E-state index in [2.05, 4.69) is 0 Å². The smallest absolute Gasteiger partial charge is 0.419 e. The topological polar surface area (TPSA) is 77.8 Å². The van der Waals surface area contributed by atoms with E-state index in [1.165, 1.54) is 9.47 Å². The molecule has 2 aromatic carbocycles. The number of ether oxygens (including phenoxy) is 2. The molecule has 1 fully saturated rings. The van der Waals surface area contributed by atoms with E-state index >= 15 is 0 Å². The van der Waals surface area contributed by atoms with Crippen molar-refractivity contribution in [2.24, 2.45) is 0 Å². The molecule has 1 aliphatic heterocycles. The Labute approximate surface area is 199 Å². The monoisotopic (exact) mass is 462 g/mol. The van der Waals surface area contributed by atoms with Crippen molar-refractivity contribution >= 4 is 29.0 Å². The summed E-state index contributed by atoms with van der Waals surface area (Å²) in [6.45, 7) is 7.57. The molecule has 4 rings (SSSR count).